The molecular weight excluding hydrogens is 518 g/mol. The molecule has 0 saturated carbocycles. The number of carbonyl (C=O) groups excluding carboxylic acids is 1. The first-order valence-electron chi connectivity index (χ1n) is 14.0. The Labute approximate surface area is 242 Å². The number of fused-ring (bicyclic) bond motifs is 1. The highest BCUT2D eigenvalue weighted by molar-refractivity contribution is 8.06. The Kier molecular flexibility index (Phi) is 7.74. The molecule has 0 amide bonds. The summed E-state index contributed by atoms with van der Waals surface area (Å²) < 4.78 is 2.14. The van der Waals surface area contributed by atoms with Crippen molar-refractivity contribution in [1.82, 2.24) is 0 Å². The van der Waals surface area contributed by atoms with Crippen LogP contribution in [0.25, 0.3) is 0 Å². The van der Waals surface area contributed by atoms with E-state index >= 15 is 0 Å². The molecule has 0 unspecified atom stereocenters. The highest BCUT2D eigenvalue weighted by Gasteiger charge is 2.46. The molecule has 1 aromatic rings. The molecule has 1 aromatic carbocycles. The van der Waals surface area contributed by atoms with Crippen LogP contribution in [0.4, 0.5) is 5.69 Å². The van der Waals surface area contributed by atoms with Gasteiger partial charge in [-0.25, -0.2) is 4.79 Å². The molecule has 2 heterocycles. The van der Waals surface area contributed by atoms with E-state index in [1.165, 1.54) is 9.81 Å². The van der Waals surface area contributed by atoms with Crippen LogP contribution in [0.1, 0.15) is 91.1 Å². The summed E-state index contributed by atoms with van der Waals surface area (Å²) in [4.78, 5) is 27.5. The zero-order valence-corrected chi connectivity index (χ0v) is 26.0. The summed E-state index contributed by atoms with van der Waals surface area (Å²) in [7, 11) is 0. The van der Waals surface area contributed by atoms with Crippen molar-refractivity contribution in [2.75, 3.05) is 6.54 Å². The number of nitrogens with zero attached hydrogens (tertiary/aromatic N) is 1. The maximum atomic E-state index is 13.4. The average molecular weight is 560 g/mol. The number of Topliss-reactive ketones (excluding diaryl/α,β-unsaturated/α-hetero) is 1. The van der Waals surface area contributed by atoms with Crippen LogP contribution in [0.3, 0.4) is 0 Å². The quantitative estimate of drug-likeness (QED) is 0.294. The average Bonchev–Trinajstić information content (AvgIpc) is 3.08. The maximum Gasteiger partial charge on any atom is 0.335 e. The minimum Gasteiger partial charge on any atom is -0.871 e. The molecule has 1 aliphatic carbocycles. The third kappa shape index (κ3) is 5.43. The van der Waals surface area contributed by atoms with Crippen LogP contribution in [-0.2, 0) is 10.2 Å². The number of hydrogen-bond acceptors (Lipinski definition) is 4. The lowest BCUT2D eigenvalue weighted by atomic mass is 9.78. The third-order valence-corrected chi connectivity index (χ3v) is 9.64. The van der Waals surface area contributed by atoms with Crippen LogP contribution in [0.2, 0.25) is 0 Å². The van der Waals surface area contributed by atoms with Crippen LogP contribution >= 0.6 is 11.8 Å². The number of thioether (sulfide) groups is 1. The number of carboxylic acid groups (broad SMARTS) is 1. The first-order valence-corrected chi connectivity index (χ1v) is 14.8. The van der Waals surface area contributed by atoms with Crippen LogP contribution in [-0.4, -0.2) is 33.7 Å². The van der Waals surface area contributed by atoms with Crippen LogP contribution in [0.5, 0.6) is 0 Å². The molecule has 6 heteroatoms. The predicted octanol–water partition coefficient (Wildman–Crippen LogP) is 7.22. The molecule has 1 N–H and O–H groups in total. The van der Waals surface area contributed by atoms with E-state index in [0.717, 1.165) is 41.9 Å². The van der Waals surface area contributed by atoms with Crippen molar-refractivity contribution < 1.29 is 24.4 Å². The van der Waals surface area contributed by atoms with E-state index in [9.17, 15) is 19.8 Å². The Balaban J connectivity index is 1.79. The van der Waals surface area contributed by atoms with Crippen molar-refractivity contribution in [2.45, 2.75) is 80.6 Å². The number of carbonyl (C=O) groups is 2. The summed E-state index contributed by atoms with van der Waals surface area (Å²) in [6, 6.07) is 5.17. The lowest BCUT2D eigenvalue weighted by Crippen LogP contribution is -2.34. The number of aromatic carboxylic acids is 1. The van der Waals surface area contributed by atoms with Crippen molar-refractivity contribution in [3.8, 4) is 0 Å². The molecule has 5 nitrogen and oxygen atoms in total. The smallest absolute Gasteiger partial charge is 0.335 e. The highest BCUT2D eigenvalue weighted by Crippen LogP contribution is 2.49. The van der Waals surface area contributed by atoms with Gasteiger partial charge in [0.05, 0.1) is 11.0 Å². The fraction of sp³-hybridized carbons (Fsp3) is 0.441. The van der Waals surface area contributed by atoms with Gasteiger partial charge >= 0.3 is 5.97 Å². The zero-order chi connectivity index (χ0) is 29.8. The third-order valence-electron chi connectivity index (χ3n) is 7.74. The van der Waals surface area contributed by atoms with Crippen LogP contribution in [0, 0.1) is 10.8 Å². The molecule has 0 aromatic heterocycles. The van der Waals surface area contributed by atoms with E-state index in [1.54, 1.807) is 36.0 Å². The van der Waals surface area contributed by atoms with Gasteiger partial charge in [0.2, 0.25) is 5.69 Å². The predicted molar refractivity (Wildman–Crippen MR) is 162 cm³/mol. The number of carboxylic acids is 1. The molecule has 0 fully saturated rings. The second-order valence-electron chi connectivity index (χ2n) is 13.4. The minimum absolute atomic E-state index is 0.0555. The van der Waals surface area contributed by atoms with Crippen molar-refractivity contribution in [3.05, 3.63) is 85.9 Å². The van der Waals surface area contributed by atoms with Crippen molar-refractivity contribution in [1.29, 1.82) is 0 Å². The fourth-order valence-corrected chi connectivity index (χ4v) is 6.41. The second-order valence-corrected chi connectivity index (χ2v) is 14.5. The number of hydrogen-bond donors (Lipinski definition) is 1. The molecule has 0 radical (unpaired) electrons. The summed E-state index contributed by atoms with van der Waals surface area (Å²) >= 11 is 1.77. The Bertz CT molecular complexity index is 1450. The van der Waals surface area contributed by atoms with Crippen molar-refractivity contribution >= 4 is 34.9 Å². The van der Waals surface area contributed by atoms with E-state index < -0.39 is 11.4 Å². The van der Waals surface area contributed by atoms with Crippen molar-refractivity contribution in [2.24, 2.45) is 10.8 Å². The van der Waals surface area contributed by atoms with E-state index in [2.05, 4.69) is 65.2 Å². The summed E-state index contributed by atoms with van der Waals surface area (Å²) in [6.07, 6.45) is 9.58. The Hall–Kier alpha value is -3.12. The van der Waals surface area contributed by atoms with E-state index in [0.29, 0.717) is 0 Å². The fourth-order valence-electron chi connectivity index (χ4n) is 5.17. The van der Waals surface area contributed by atoms with Gasteiger partial charge in [0.15, 0.2) is 11.5 Å². The topological polar surface area (TPSA) is 80.4 Å². The van der Waals surface area contributed by atoms with Gasteiger partial charge in [0.1, 0.15) is 6.54 Å². The van der Waals surface area contributed by atoms with Crippen LogP contribution < -0.4 is 5.11 Å². The Morgan fingerprint density at radius 3 is 2.15 bits per heavy atom. The molecule has 0 spiro atoms. The number of ketones is 1. The number of unbranched alkanes of at least 4 members (excludes halogenated alkanes) is 1. The van der Waals surface area contributed by atoms with Gasteiger partial charge in [-0.2, -0.15) is 4.58 Å². The largest absolute Gasteiger partial charge is 0.871 e. The van der Waals surface area contributed by atoms with Gasteiger partial charge < -0.3 is 10.2 Å². The molecule has 40 heavy (non-hydrogen) atoms. The minimum atomic E-state index is -0.976. The lowest BCUT2D eigenvalue weighted by molar-refractivity contribution is -0.438. The molecule has 4 rings (SSSR count). The zero-order valence-electron chi connectivity index (χ0n) is 25.2. The first-order chi connectivity index (χ1) is 18.5. The van der Waals surface area contributed by atoms with Gasteiger partial charge in [0, 0.05) is 35.3 Å². The Morgan fingerprint density at radius 1 is 1.05 bits per heavy atom. The Morgan fingerprint density at radius 2 is 1.65 bits per heavy atom. The summed E-state index contributed by atoms with van der Waals surface area (Å²) in [5.41, 5.74) is 3.49. The molecule has 212 valence electrons. The molecule has 0 atom stereocenters. The van der Waals surface area contributed by atoms with Gasteiger partial charge in [0.25, 0.3) is 0 Å². The summed E-state index contributed by atoms with van der Waals surface area (Å²) in [5, 5.41) is 23.0. The second kappa shape index (κ2) is 10.4. The lowest BCUT2D eigenvalue weighted by Gasteiger charge is -2.33. The van der Waals surface area contributed by atoms with Crippen molar-refractivity contribution in [3.63, 3.8) is 0 Å². The SMILES string of the molecule is CCCC[N+]1=C(C=C2C(=O)C(C=C3C=C(C(C)(C)C)SC(C(C)(C)C)=C3)=C2[O-])C(C)(C)c2cc(C(=O)O)ccc21. The van der Waals surface area contributed by atoms with Gasteiger partial charge in [-0.3, -0.25) is 4.79 Å². The normalized spacial score (nSPS) is 20.0. The van der Waals surface area contributed by atoms with Gasteiger partial charge in [-0.05, 0) is 70.4 Å². The summed E-state index contributed by atoms with van der Waals surface area (Å²) in [6.45, 7) is 19.9. The first kappa shape index (κ1) is 29.9. The maximum absolute atomic E-state index is 13.4. The molecule has 0 bridgehead atoms. The van der Waals surface area contributed by atoms with Crippen LogP contribution in [0.15, 0.2) is 74.8 Å². The number of rotatable bonds is 6. The number of allylic oxidation sites excluding steroid dienone is 9. The van der Waals surface area contributed by atoms with E-state index in [-0.39, 0.29) is 39.1 Å². The molecule has 0 saturated heterocycles. The summed E-state index contributed by atoms with van der Waals surface area (Å²) in [5.74, 6) is -1.46. The van der Waals surface area contributed by atoms with Gasteiger partial charge in [-0.1, -0.05) is 72.4 Å². The molecule has 2 aliphatic heterocycles. The highest BCUT2D eigenvalue weighted by atomic mass is 32.2. The van der Waals surface area contributed by atoms with E-state index in [1.807, 2.05) is 19.9 Å². The monoisotopic (exact) mass is 559 g/mol. The number of benzene rings is 1. The molecule has 3 aliphatic rings. The standard InChI is InChI=1S/C34H41NO4S/c1-10-11-14-35-25-13-12-21(31(38)39)18-24(25)34(8,9)26(35)19-23-29(36)22(30(23)37)15-20-16-27(32(2,3)4)40-28(17-20)33(5,6)7/h12-13,15-19H,10-11,14H2,1-9H3,(H-,36,37,38,39). The molecular formula is C34H41NO4S. The van der Waals surface area contributed by atoms with Gasteiger partial charge in [-0.15, -0.1) is 0 Å². The van der Waals surface area contributed by atoms with E-state index in [4.69, 9.17) is 0 Å².